The van der Waals surface area contributed by atoms with Crippen molar-refractivity contribution >= 4 is 11.6 Å². The third-order valence-corrected chi connectivity index (χ3v) is 4.31. The van der Waals surface area contributed by atoms with Crippen molar-refractivity contribution in [2.24, 2.45) is 0 Å². The van der Waals surface area contributed by atoms with Crippen molar-refractivity contribution < 1.29 is 4.74 Å². The number of aryl methyl sites for hydroxylation is 1. The fourth-order valence-electron chi connectivity index (χ4n) is 2.22. The lowest BCUT2D eigenvalue weighted by Gasteiger charge is -2.09. The molecule has 0 saturated carbocycles. The Morgan fingerprint density at radius 2 is 1.78 bits per heavy atom. The van der Waals surface area contributed by atoms with Gasteiger partial charge in [-0.05, 0) is 55.5 Å². The van der Waals surface area contributed by atoms with E-state index in [1.807, 2.05) is 36.7 Å². The third-order valence-electron chi connectivity index (χ3n) is 3.78. The Morgan fingerprint density at radius 1 is 1.09 bits per heavy atom. The molecule has 1 unspecified atom stereocenters. The van der Waals surface area contributed by atoms with Gasteiger partial charge in [-0.1, -0.05) is 20.3 Å². The van der Waals surface area contributed by atoms with E-state index in [0.29, 0.717) is 6.61 Å². The highest BCUT2D eigenvalue weighted by molar-refractivity contribution is 6.20. The lowest BCUT2D eigenvalue weighted by Crippen LogP contribution is -2.05. The second kappa shape index (κ2) is 9.51. The smallest absolute Gasteiger partial charge is 0.159 e. The number of benzene rings is 1. The summed E-state index contributed by atoms with van der Waals surface area (Å²) in [5.74, 6) is 1.61. The monoisotopic (exact) mass is 332 g/mol. The van der Waals surface area contributed by atoms with Crippen molar-refractivity contribution in [1.82, 2.24) is 9.97 Å². The number of halogens is 1. The summed E-state index contributed by atoms with van der Waals surface area (Å²) in [6, 6.07) is 7.90. The average Bonchev–Trinajstić information content (AvgIpc) is 2.61. The lowest BCUT2D eigenvalue weighted by molar-refractivity contribution is 0.307. The number of hydrogen-bond donors (Lipinski definition) is 0. The SMILES string of the molecule is CCCCc1cnc(-c2ccc(OCCC(Cl)CC)cc2)nc1. The molecule has 3 nitrogen and oxygen atoms in total. The van der Waals surface area contributed by atoms with E-state index in [1.54, 1.807) is 0 Å². The molecule has 1 heterocycles. The summed E-state index contributed by atoms with van der Waals surface area (Å²) in [7, 11) is 0. The van der Waals surface area contributed by atoms with E-state index in [2.05, 4.69) is 23.8 Å². The van der Waals surface area contributed by atoms with Gasteiger partial charge >= 0.3 is 0 Å². The molecule has 0 aliphatic rings. The molecular weight excluding hydrogens is 308 g/mol. The van der Waals surface area contributed by atoms with Gasteiger partial charge in [-0.2, -0.15) is 0 Å². The molecular formula is C19H25ClN2O. The molecule has 1 atom stereocenters. The number of unbranched alkanes of at least 4 members (excludes halogenated alkanes) is 1. The average molecular weight is 333 g/mol. The van der Waals surface area contributed by atoms with E-state index in [1.165, 1.54) is 18.4 Å². The molecule has 0 spiro atoms. The first-order chi connectivity index (χ1) is 11.2. The van der Waals surface area contributed by atoms with Crippen molar-refractivity contribution in [3.8, 4) is 17.1 Å². The second-order valence-corrected chi connectivity index (χ2v) is 6.30. The number of aromatic nitrogens is 2. The fourth-order valence-corrected chi connectivity index (χ4v) is 2.31. The minimum Gasteiger partial charge on any atom is -0.494 e. The molecule has 2 aromatic rings. The van der Waals surface area contributed by atoms with Crippen molar-refractivity contribution in [2.75, 3.05) is 6.61 Å². The summed E-state index contributed by atoms with van der Waals surface area (Å²) < 4.78 is 5.71. The summed E-state index contributed by atoms with van der Waals surface area (Å²) in [6.45, 7) is 4.92. The van der Waals surface area contributed by atoms with Gasteiger partial charge in [-0.15, -0.1) is 11.6 Å². The van der Waals surface area contributed by atoms with Crippen LogP contribution >= 0.6 is 11.6 Å². The molecule has 4 heteroatoms. The normalized spacial score (nSPS) is 12.1. The molecule has 0 aliphatic carbocycles. The van der Waals surface area contributed by atoms with Crippen LogP contribution < -0.4 is 4.74 Å². The number of hydrogen-bond acceptors (Lipinski definition) is 3. The second-order valence-electron chi connectivity index (χ2n) is 5.69. The van der Waals surface area contributed by atoms with E-state index >= 15 is 0 Å². The number of nitrogens with zero attached hydrogens (tertiary/aromatic N) is 2. The highest BCUT2D eigenvalue weighted by Crippen LogP contribution is 2.20. The van der Waals surface area contributed by atoms with Gasteiger partial charge in [-0.25, -0.2) is 9.97 Å². The predicted molar refractivity (Wildman–Crippen MR) is 96.1 cm³/mol. The van der Waals surface area contributed by atoms with Crippen LogP contribution in [-0.2, 0) is 6.42 Å². The summed E-state index contributed by atoms with van der Waals surface area (Å²) in [5.41, 5.74) is 2.20. The summed E-state index contributed by atoms with van der Waals surface area (Å²) >= 11 is 6.08. The van der Waals surface area contributed by atoms with E-state index in [0.717, 1.165) is 36.4 Å². The quantitative estimate of drug-likeness (QED) is 0.586. The van der Waals surface area contributed by atoms with Crippen LogP contribution in [0.4, 0.5) is 0 Å². The minimum absolute atomic E-state index is 0.189. The van der Waals surface area contributed by atoms with Gasteiger partial charge < -0.3 is 4.74 Å². The van der Waals surface area contributed by atoms with E-state index in [4.69, 9.17) is 16.3 Å². The van der Waals surface area contributed by atoms with Gasteiger partial charge in [0.15, 0.2) is 5.82 Å². The highest BCUT2D eigenvalue weighted by atomic mass is 35.5. The largest absolute Gasteiger partial charge is 0.494 e. The first kappa shape index (κ1) is 17.7. The van der Waals surface area contributed by atoms with Crippen LogP contribution in [0.1, 0.15) is 45.1 Å². The molecule has 0 saturated heterocycles. The lowest BCUT2D eigenvalue weighted by atomic mass is 10.1. The summed E-state index contributed by atoms with van der Waals surface area (Å²) in [6.07, 6.45) is 9.09. The highest BCUT2D eigenvalue weighted by Gasteiger charge is 2.04. The van der Waals surface area contributed by atoms with E-state index in [-0.39, 0.29) is 5.38 Å². The number of ether oxygens (including phenoxy) is 1. The van der Waals surface area contributed by atoms with Crippen LogP contribution in [0.3, 0.4) is 0 Å². The molecule has 0 bridgehead atoms. The molecule has 2 rings (SSSR count). The zero-order valence-corrected chi connectivity index (χ0v) is 14.7. The molecule has 0 radical (unpaired) electrons. The molecule has 0 aliphatic heterocycles. The van der Waals surface area contributed by atoms with Crippen molar-refractivity contribution in [2.45, 2.75) is 51.3 Å². The maximum Gasteiger partial charge on any atom is 0.159 e. The first-order valence-corrected chi connectivity index (χ1v) is 8.84. The standard InChI is InChI=1S/C19H25ClN2O/c1-3-5-6-15-13-21-19(22-14-15)16-7-9-18(10-8-16)23-12-11-17(20)4-2/h7-10,13-14,17H,3-6,11-12H2,1-2H3. The molecule has 1 aromatic carbocycles. The topological polar surface area (TPSA) is 35.0 Å². The third kappa shape index (κ3) is 5.83. The molecule has 23 heavy (non-hydrogen) atoms. The zero-order valence-electron chi connectivity index (χ0n) is 14.0. The van der Waals surface area contributed by atoms with Crippen LogP contribution in [0, 0.1) is 0 Å². The Kier molecular flexibility index (Phi) is 7.34. The molecule has 0 N–H and O–H groups in total. The maximum atomic E-state index is 6.08. The predicted octanol–water partition coefficient (Wildman–Crippen LogP) is 5.27. The maximum absolute atomic E-state index is 6.08. The fraction of sp³-hybridized carbons (Fsp3) is 0.474. The van der Waals surface area contributed by atoms with Crippen LogP contribution in [0.5, 0.6) is 5.75 Å². The Labute approximate surface area is 144 Å². The van der Waals surface area contributed by atoms with Crippen LogP contribution in [-0.4, -0.2) is 22.0 Å². The Bertz CT molecular complexity index is 569. The molecule has 0 fully saturated rings. The summed E-state index contributed by atoms with van der Waals surface area (Å²) in [4.78, 5) is 8.92. The molecule has 0 amide bonds. The Balaban J connectivity index is 1.91. The van der Waals surface area contributed by atoms with Gasteiger partial charge in [0.2, 0.25) is 0 Å². The van der Waals surface area contributed by atoms with Crippen LogP contribution in [0.2, 0.25) is 0 Å². The van der Waals surface area contributed by atoms with Crippen molar-refractivity contribution in [3.05, 3.63) is 42.2 Å². The first-order valence-electron chi connectivity index (χ1n) is 8.41. The van der Waals surface area contributed by atoms with Gasteiger partial charge in [-0.3, -0.25) is 0 Å². The number of rotatable bonds is 9. The van der Waals surface area contributed by atoms with E-state index < -0.39 is 0 Å². The van der Waals surface area contributed by atoms with E-state index in [9.17, 15) is 0 Å². The van der Waals surface area contributed by atoms with Gasteiger partial charge in [0.25, 0.3) is 0 Å². The van der Waals surface area contributed by atoms with Crippen LogP contribution in [0.25, 0.3) is 11.4 Å². The zero-order chi connectivity index (χ0) is 16.5. The van der Waals surface area contributed by atoms with Crippen LogP contribution in [0.15, 0.2) is 36.7 Å². The van der Waals surface area contributed by atoms with Gasteiger partial charge in [0, 0.05) is 23.3 Å². The molecule has 124 valence electrons. The van der Waals surface area contributed by atoms with Crippen molar-refractivity contribution in [3.63, 3.8) is 0 Å². The Hall–Kier alpha value is -1.61. The minimum atomic E-state index is 0.189. The summed E-state index contributed by atoms with van der Waals surface area (Å²) in [5, 5.41) is 0.189. The molecule has 1 aromatic heterocycles. The van der Waals surface area contributed by atoms with Gasteiger partial charge in [0.1, 0.15) is 5.75 Å². The van der Waals surface area contributed by atoms with Crippen molar-refractivity contribution in [1.29, 1.82) is 0 Å². The Morgan fingerprint density at radius 3 is 2.39 bits per heavy atom. The van der Waals surface area contributed by atoms with Gasteiger partial charge in [0.05, 0.1) is 6.61 Å². The number of alkyl halides is 1.